The van der Waals surface area contributed by atoms with Gasteiger partial charge in [-0.3, -0.25) is 9.80 Å². The van der Waals surface area contributed by atoms with Gasteiger partial charge in [0.1, 0.15) is 22.5 Å². The second-order valence-electron chi connectivity index (χ2n) is 10.3. The van der Waals surface area contributed by atoms with Crippen molar-refractivity contribution in [2.24, 2.45) is 5.73 Å². The molecular formula is C28H34FN9S2. The van der Waals surface area contributed by atoms with Crippen LogP contribution in [0.4, 0.5) is 9.52 Å². The fraction of sp³-hybridized carbons (Fsp3) is 0.429. The Bertz CT molecular complexity index is 1350. The van der Waals surface area contributed by atoms with E-state index in [2.05, 4.69) is 40.9 Å². The molecule has 2 unspecified atom stereocenters. The molecule has 2 aromatic carbocycles. The molecule has 2 saturated heterocycles. The number of aromatic nitrogens is 4. The molecule has 2 fully saturated rings. The van der Waals surface area contributed by atoms with E-state index in [-0.39, 0.29) is 18.0 Å². The molecule has 12 heteroatoms. The summed E-state index contributed by atoms with van der Waals surface area (Å²) in [5.41, 5.74) is 9.19. The molecule has 210 valence electrons. The Morgan fingerprint density at radius 1 is 0.775 bits per heavy atom. The maximum Gasteiger partial charge on any atom is 0.205 e. The molecule has 2 atom stereocenters. The van der Waals surface area contributed by atoms with Gasteiger partial charge in [0.15, 0.2) is 0 Å². The number of piperazine rings is 2. The van der Waals surface area contributed by atoms with Crippen LogP contribution in [0.2, 0.25) is 0 Å². The lowest BCUT2D eigenvalue weighted by molar-refractivity contribution is 0.0119. The number of rotatable bonds is 9. The van der Waals surface area contributed by atoms with Gasteiger partial charge in [-0.2, -0.15) is 8.75 Å². The fourth-order valence-electron chi connectivity index (χ4n) is 5.42. The maximum atomic E-state index is 13.2. The normalized spacial score (nSPS) is 18.6. The van der Waals surface area contributed by atoms with Crippen LogP contribution in [0.3, 0.4) is 0 Å². The number of nitrogens with two attached hydrogens (primary N) is 1. The summed E-state index contributed by atoms with van der Waals surface area (Å²) in [6, 6.07) is 16.6. The second kappa shape index (κ2) is 12.8. The zero-order valence-electron chi connectivity index (χ0n) is 22.3. The summed E-state index contributed by atoms with van der Waals surface area (Å²) in [5, 5.41) is 5.30. The van der Waals surface area contributed by atoms with Gasteiger partial charge in [0.2, 0.25) is 5.13 Å². The molecule has 0 spiro atoms. The van der Waals surface area contributed by atoms with Crippen LogP contribution in [-0.2, 0) is 12.8 Å². The summed E-state index contributed by atoms with van der Waals surface area (Å²) >= 11 is 2.87. The zero-order valence-corrected chi connectivity index (χ0v) is 24.0. The summed E-state index contributed by atoms with van der Waals surface area (Å²) < 4.78 is 22.5. The molecule has 0 bridgehead atoms. The van der Waals surface area contributed by atoms with Crippen molar-refractivity contribution in [1.29, 1.82) is 0 Å². The number of hydrogen-bond donors (Lipinski definition) is 2. The van der Waals surface area contributed by atoms with Gasteiger partial charge in [-0.1, -0.05) is 42.5 Å². The first-order valence-electron chi connectivity index (χ1n) is 13.8. The Balaban J connectivity index is 1.11. The predicted octanol–water partition coefficient (Wildman–Crippen LogP) is 2.76. The Labute approximate surface area is 242 Å². The van der Waals surface area contributed by atoms with Crippen molar-refractivity contribution in [1.82, 2.24) is 33.8 Å². The first kappa shape index (κ1) is 27.3. The van der Waals surface area contributed by atoms with Crippen molar-refractivity contribution in [2.45, 2.75) is 25.0 Å². The van der Waals surface area contributed by atoms with Gasteiger partial charge in [0.05, 0.1) is 12.2 Å². The third-order valence-corrected chi connectivity index (χ3v) is 9.18. The maximum absolute atomic E-state index is 13.2. The van der Waals surface area contributed by atoms with Crippen LogP contribution in [-0.4, -0.2) is 87.0 Å². The average molecular weight is 580 g/mol. The van der Waals surface area contributed by atoms with Crippen LogP contribution in [0.1, 0.15) is 33.8 Å². The highest BCUT2D eigenvalue weighted by atomic mass is 32.1. The molecule has 2 aliphatic heterocycles. The summed E-state index contributed by atoms with van der Waals surface area (Å²) in [6.07, 6.45) is 1.38. The molecule has 2 aliphatic rings. The van der Waals surface area contributed by atoms with Crippen LogP contribution >= 0.6 is 23.1 Å². The Hall–Kier alpha value is -2.87. The molecule has 0 aliphatic carbocycles. The lowest BCUT2D eigenvalue weighted by Gasteiger charge is -2.46. The number of nitrogens with zero attached hydrogens (tertiary/aromatic N) is 7. The SMILES string of the molecule is NC(c1nc(Cc2ccccc2)ns1)C(N1CCNCC1)N1CCN(c2nc(Cc3ccc(F)cc3)ns2)CC1. The van der Waals surface area contributed by atoms with E-state index in [9.17, 15) is 4.39 Å². The molecule has 9 nitrogen and oxygen atoms in total. The van der Waals surface area contributed by atoms with Crippen LogP contribution in [0, 0.1) is 5.82 Å². The molecule has 40 heavy (non-hydrogen) atoms. The molecular weight excluding hydrogens is 546 g/mol. The molecule has 0 amide bonds. The van der Waals surface area contributed by atoms with Crippen molar-refractivity contribution in [3.05, 3.63) is 88.2 Å². The number of halogens is 1. The van der Waals surface area contributed by atoms with Crippen molar-refractivity contribution < 1.29 is 4.39 Å². The molecule has 4 aromatic rings. The lowest BCUT2D eigenvalue weighted by atomic mass is 10.1. The highest BCUT2D eigenvalue weighted by Gasteiger charge is 2.36. The van der Waals surface area contributed by atoms with Crippen molar-refractivity contribution >= 4 is 28.2 Å². The average Bonchev–Trinajstić information content (AvgIpc) is 3.66. The van der Waals surface area contributed by atoms with Gasteiger partial charge in [-0.15, -0.1) is 0 Å². The monoisotopic (exact) mass is 579 g/mol. The van der Waals surface area contributed by atoms with Gasteiger partial charge in [0.25, 0.3) is 0 Å². The van der Waals surface area contributed by atoms with Gasteiger partial charge in [-0.25, -0.2) is 14.4 Å². The van der Waals surface area contributed by atoms with E-state index in [0.29, 0.717) is 12.8 Å². The zero-order chi connectivity index (χ0) is 27.3. The van der Waals surface area contributed by atoms with E-state index in [1.165, 1.54) is 40.8 Å². The van der Waals surface area contributed by atoms with Gasteiger partial charge >= 0.3 is 0 Å². The Morgan fingerprint density at radius 2 is 1.40 bits per heavy atom. The van der Waals surface area contributed by atoms with E-state index in [4.69, 9.17) is 15.7 Å². The molecule has 0 saturated carbocycles. The minimum Gasteiger partial charge on any atom is -0.344 e. The van der Waals surface area contributed by atoms with Gasteiger partial charge < -0.3 is 16.0 Å². The predicted molar refractivity (Wildman–Crippen MR) is 157 cm³/mol. The molecule has 0 radical (unpaired) electrons. The number of anilines is 1. The van der Waals surface area contributed by atoms with Crippen LogP contribution < -0.4 is 16.0 Å². The Morgan fingerprint density at radius 3 is 2.12 bits per heavy atom. The van der Waals surface area contributed by atoms with E-state index >= 15 is 0 Å². The highest BCUT2D eigenvalue weighted by Crippen LogP contribution is 2.27. The molecule has 6 rings (SSSR count). The third kappa shape index (κ3) is 6.54. The molecule has 3 N–H and O–H groups in total. The quantitative estimate of drug-likeness (QED) is 0.310. The van der Waals surface area contributed by atoms with Gasteiger partial charge in [0, 0.05) is 76.7 Å². The first-order valence-corrected chi connectivity index (χ1v) is 15.3. The van der Waals surface area contributed by atoms with E-state index in [0.717, 1.165) is 79.7 Å². The van der Waals surface area contributed by atoms with Crippen molar-refractivity contribution in [3.8, 4) is 0 Å². The smallest absolute Gasteiger partial charge is 0.205 e. The van der Waals surface area contributed by atoms with Crippen molar-refractivity contribution in [2.75, 3.05) is 57.3 Å². The highest BCUT2D eigenvalue weighted by molar-refractivity contribution is 7.09. The molecule has 4 heterocycles. The van der Waals surface area contributed by atoms with Crippen LogP contribution in [0.15, 0.2) is 54.6 Å². The van der Waals surface area contributed by atoms with Crippen molar-refractivity contribution in [3.63, 3.8) is 0 Å². The number of nitrogens with one attached hydrogen (secondary N) is 1. The van der Waals surface area contributed by atoms with Gasteiger partial charge in [-0.05, 0) is 34.8 Å². The fourth-order valence-corrected chi connectivity index (χ4v) is 6.85. The van der Waals surface area contributed by atoms with E-state index in [1.807, 2.05) is 18.2 Å². The molecule has 2 aromatic heterocycles. The minimum absolute atomic E-state index is 0.0604. The summed E-state index contributed by atoms with van der Waals surface area (Å²) in [4.78, 5) is 17.0. The minimum atomic E-state index is -0.240. The number of benzene rings is 2. The van der Waals surface area contributed by atoms with Crippen LogP contribution in [0.5, 0.6) is 0 Å². The number of hydrogen-bond acceptors (Lipinski definition) is 11. The third-order valence-electron chi connectivity index (χ3n) is 7.51. The lowest BCUT2D eigenvalue weighted by Crippen LogP contribution is -2.62. The largest absolute Gasteiger partial charge is 0.344 e. The topological polar surface area (TPSA) is 99.3 Å². The summed E-state index contributed by atoms with van der Waals surface area (Å²) in [7, 11) is 0. The second-order valence-corrected chi connectivity index (χ2v) is 11.8. The van der Waals surface area contributed by atoms with Crippen LogP contribution in [0.25, 0.3) is 0 Å². The summed E-state index contributed by atoms with van der Waals surface area (Å²) in [6.45, 7) is 7.30. The standard InChI is InChI=1S/C28H34FN9S2/c29-22-8-6-21(7-9-22)19-24-33-28(40-35-24)38-16-14-37(15-17-38)27(36-12-10-31-11-13-36)25(30)26-32-23(34-39-26)18-20-4-2-1-3-5-20/h1-9,25,27,31H,10-19,30H2. The first-order chi connectivity index (χ1) is 19.6. The Kier molecular flexibility index (Phi) is 8.71. The van der Waals surface area contributed by atoms with E-state index < -0.39 is 0 Å². The summed E-state index contributed by atoms with van der Waals surface area (Å²) in [5.74, 6) is 1.38. The van der Waals surface area contributed by atoms with E-state index in [1.54, 1.807) is 12.1 Å².